The van der Waals surface area contributed by atoms with Gasteiger partial charge >= 0.3 is 6.01 Å². The summed E-state index contributed by atoms with van der Waals surface area (Å²) in [5, 5.41) is 0.980. The van der Waals surface area contributed by atoms with Crippen LogP contribution in [0.15, 0.2) is 29.8 Å². The third-order valence-corrected chi connectivity index (χ3v) is 3.38. The number of benzene rings is 1. The van der Waals surface area contributed by atoms with Crippen molar-refractivity contribution < 1.29 is 9.47 Å². The number of nitrogens with two attached hydrogens (primary N) is 1. The van der Waals surface area contributed by atoms with Crippen molar-refractivity contribution >= 4 is 34.0 Å². The molecule has 0 saturated heterocycles. The average Bonchev–Trinajstić information content (AvgIpc) is 2.87. The van der Waals surface area contributed by atoms with E-state index in [-0.39, 0.29) is 6.79 Å². The van der Waals surface area contributed by atoms with Crippen molar-refractivity contribution in [3.63, 3.8) is 0 Å². The molecular weight excluding hydrogens is 292 g/mol. The minimum Gasteiger partial charge on any atom is -0.437 e. The number of pyridine rings is 1. The Morgan fingerprint density at radius 2 is 2.04 bits per heavy atom. The molecule has 3 rings (SSSR count). The molecule has 6 heteroatoms. The number of hydrogen-bond acceptors (Lipinski definition) is 5. The number of aromatic nitrogens is 3. The van der Waals surface area contributed by atoms with Crippen molar-refractivity contribution in [2.45, 2.75) is 20.8 Å². The van der Waals surface area contributed by atoms with Crippen LogP contribution in [0.3, 0.4) is 0 Å². The molecule has 2 aromatic heterocycles. The zero-order chi connectivity index (χ0) is 16.4. The van der Waals surface area contributed by atoms with Gasteiger partial charge in [0.05, 0.1) is 11.0 Å². The van der Waals surface area contributed by atoms with Crippen molar-refractivity contribution in [3.05, 3.63) is 29.8 Å². The molecule has 0 fully saturated rings. The van der Waals surface area contributed by atoms with Crippen LogP contribution in [0.1, 0.15) is 20.8 Å². The molecular formula is C17H20N4O2. The van der Waals surface area contributed by atoms with E-state index < -0.39 is 0 Å². The topological polar surface area (TPSA) is 75.2 Å². The largest absolute Gasteiger partial charge is 0.437 e. The lowest BCUT2D eigenvalue weighted by molar-refractivity contribution is 0.0163. The molecule has 0 spiro atoms. The molecule has 0 amide bonds. The smallest absolute Gasteiger partial charge is 0.303 e. The van der Waals surface area contributed by atoms with Crippen LogP contribution in [0.25, 0.3) is 28.1 Å². The van der Waals surface area contributed by atoms with Crippen LogP contribution in [0.4, 0.5) is 5.82 Å². The van der Waals surface area contributed by atoms with Gasteiger partial charge in [0.25, 0.3) is 0 Å². The molecule has 3 aromatic rings. The number of ether oxygens (including phenoxy) is 2. The van der Waals surface area contributed by atoms with Crippen molar-refractivity contribution in [1.29, 1.82) is 0 Å². The number of anilines is 1. The van der Waals surface area contributed by atoms with Gasteiger partial charge in [-0.1, -0.05) is 23.8 Å². The van der Waals surface area contributed by atoms with Crippen LogP contribution in [0, 0.1) is 0 Å². The second kappa shape index (κ2) is 6.26. The first-order valence-electron chi connectivity index (χ1n) is 7.53. The Labute approximate surface area is 134 Å². The lowest BCUT2D eigenvalue weighted by Gasteiger charge is -2.08. The second-order valence-electron chi connectivity index (χ2n) is 5.44. The Kier molecular flexibility index (Phi) is 4.16. The van der Waals surface area contributed by atoms with Gasteiger partial charge in [0.15, 0.2) is 12.6 Å². The van der Waals surface area contributed by atoms with E-state index in [4.69, 9.17) is 15.2 Å². The summed E-state index contributed by atoms with van der Waals surface area (Å²) in [4.78, 5) is 8.94. The monoisotopic (exact) mass is 312 g/mol. The third kappa shape index (κ3) is 2.85. The van der Waals surface area contributed by atoms with E-state index >= 15 is 0 Å². The molecule has 2 heterocycles. The van der Waals surface area contributed by atoms with Crippen LogP contribution >= 0.6 is 0 Å². The lowest BCUT2D eigenvalue weighted by atomic mass is 10.2. The molecule has 0 aliphatic rings. The first-order valence-corrected chi connectivity index (χ1v) is 7.53. The van der Waals surface area contributed by atoms with E-state index in [1.807, 2.05) is 55.8 Å². The maximum Gasteiger partial charge on any atom is 0.303 e. The summed E-state index contributed by atoms with van der Waals surface area (Å²) in [6, 6.07) is 8.30. The number of rotatable bonds is 5. The van der Waals surface area contributed by atoms with Crippen molar-refractivity contribution in [1.82, 2.24) is 14.5 Å². The van der Waals surface area contributed by atoms with E-state index in [1.165, 1.54) is 0 Å². The van der Waals surface area contributed by atoms with Gasteiger partial charge in [-0.05, 0) is 26.8 Å². The van der Waals surface area contributed by atoms with Gasteiger partial charge in [0.1, 0.15) is 5.52 Å². The molecule has 1 aromatic carbocycles. The summed E-state index contributed by atoms with van der Waals surface area (Å²) in [6.45, 7) is 6.67. The molecule has 0 bridgehead atoms. The van der Waals surface area contributed by atoms with Crippen molar-refractivity contribution in [2.75, 3.05) is 19.1 Å². The number of nitrogen functional groups attached to an aromatic ring is 1. The summed E-state index contributed by atoms with van der Waals surface area (Å²) in [5.41, 5.74) is 9.56. The molecule has 0 atom stereocenters. The van der Waals surface area contributed by atoms with Gasteiger partial charge in [0, 0.05) is 18.2 Å². The molecule has 0 saturated carbocycles. The minimum absolute atomic E-state index is 0.141. The number of fused-ring (bicyclic) bond motifs is 3. The van der Waals surface area contributed by atoms with Gasteiger partial charge in [0.2, 0.25) is 0 Å². The van der Waals surface area contributed by atoms with Gasteiger partial charge in [-0.2, -0.15) is 4.98 Å². The Balaban J connectivity index is 2.29. The maximum atomic E-state index is 6.10. The molecule has 120 valence electrons. The standard InChI is InChI=1S/C17H20N4O2/c1-4-22-10-23-17-20-14-15(21(17)9-11(2)3)12-7-5-6-8-13(12)19-16(14)18/h5-9H,4,10H2,1-3H3,(H2,18,19). The van der Waals surface area contributed by atoms with Crippen LogP contribution in [0.2, 0.25) is 0 Å². The Morgan fingerprint density at radius 1 is 1.26 bits per heavy atom. The van der Waals surface area contributed by atoms with Gasteiger partial charge < -0.3 is 15.2 Å². The van der Waals surface area contributed by atoms with Gasteiger partial charge in [-0.3, -0.25) is 4.57 Å². The van der Waals surface area contributed by atoms with E-state index in [0.717, 1.165) is 22.0 Å². The van der Waals surface area contributed by atoms with E-state index in [2.05, 4.69) is 9.97 Å². The van der Waals surface area contributed by atoms with Crippen molar-refractivity contribution in [3.8, 4) is 6.01 Å². The number of hydrogen-bond donors (Lipinski definition) is 1. The summed E-state index contributed by atoms with van der Waals surface area (Å²) in [6.07, 6.45) is 1.97. The highest BCUT2D eigenvalue weighted by atomic mass is 16.7. The Hall–Kier alpha value is -2.60. The highest BCUT2D eigenvalue weighted by Crippen LogP contribution is 2.31. The van der Waals surface area contributed by atoms with Gasteiger partial charge in [-0.25, -0.2) is 4.98 Å². The molecule has 0 radical (unpaired) electrons. The lowest BCUT2D eigenvalue weighted by Crippen LogP contribution is -2.05. The minimum atomic E-state index is 0.141. The third-order valence-electron chi connectivity index (χ3n) is 3.38. The molecule has 0 aliphatic heterocycles. The normalized spacial score (nSPS) is 11.1. The first-order chi connectivity index (χ1) is 11.1. The fourth-order valence-corrected chi connectivity index (χ4v) is 2.46. The highest BCUT2D eigenvalue weighted by molar-refractivity contribution is 6.07. The van der Waals surface area contributed by atoms with E-state index in [0.29, 0.717) is 24.0 Å². The van der Waals surface area contributed by atoms with Crippen LogP contribution in [-0.4, -0.2) is 27.9 Å². The summed E-state index contributed by atoms with van der Waals surface area (Å²) >= 11 is 0. The molecule has 23 heavy (non-hydrogen) atoms. The number of para-hydroxylation sites is 1. The SMILES string of the molecule is CCOCOc1nc2c(N)nc3ccccc3c2n1C=C(C)C. The van der Waals surface area contributed by atoms with E-state index in [1.54, 1.807) is 0 Å². The van der Waals surface area contributed by atoms with Gasteiger partial charge in [-0.15, -0.1) is 0 Å². The summed E-state index contributed by atoms with van der Waals surface area (Å²) in [7, 11) is 0. The maximum absolute atomic E-state index is 6.10. The average molecular weight is 312 g/mol. The Morgan fingerprint density at radius 3 is 2.78 bits per heavy atom. The number of imidazole rings is 1. The fraction of sp³-hybridized carbons (Fsp3) is 0.294. The van der Waals surface area contributed by atoms with Crippen LogP contribution in [0.5, 0.6) is 6.01 Å². The zero-order valence-corrected chi connectivity index (χ0v) is 13.5. The highest BCUT2D eigenvalue weighted by Gasteiger charge is 2.17. The predicted molar refractivity (Wildman–Crippen MR) is 92.2 cm³/mol. The molecule has 6 nitrogen and oxygen atoms in total. The van der Waals surface area contributed by atoms with Crippen LogP contribution < -0.4 is 10.5 Å². The summed E-state index contributed by atoms with van der Waals surface area (Å²) < 4.78 is 12.8. The summed E-state index contributed by atoms with van der Waals surface area (Å²) in [5.74, 6) is 0.390. The van der Waals surface area contributed by atoms with Crippen molar-refractivity contribution in [2.24, 2.45) is 0 Å². The predicted octanol–water partition coefficient (Wildman–Crippen LogP) is 3.42. The first kappa shape index (κ1) is 15.3. The quantitative estimate of drug-likeness (QED) is 0.577. The zero-order valence-electron chi connectivity index (χ0n) is 13.5. The Bertz CT molecular complexity index is 879. The number of nitrogens with zero attached hydrogens (tertiary/aromatic N) is 3. The molecule has 0 unspecified atom stereocenters. The molecule has 0 aliphatic carbocycles. The number of allylic oxidation sites excluding steroid dienone is 1. The fourth-order valence-electron chi connectivity index (χ4n) is 2.46. The second-order valence-corrected chi connectivity index (χ2v) is 5.44. The molecule has 2 N–H and O–H groups in total. The van der Waals surface area contributed by atoms with Crippen LogP contribution in [-0.2, 0) is 4.74 Å². The van der Waals surface area contributed by atoms with E-state index in [9.17, 15) is 0 Å².